The van der Waals surface area contributed by atoms with E-state index in [0.717, 1.165) is 12.8 Å². The normalized spacial score (nSPS) is 25.1. The van der Waals surface area contributed by atoms with Gasteiger partial charge in [0, 0.05) is 19.7 Å². The van der Waals surface area contributed by atoms with E-state index in [-0.39, 0.29) is 24.2 Å². The molecule has 0 aliphatic carbocycles. The van der Waals surface area contributed by atoms with Crippen molar-refractivity contribution < 1.29 is 19.0 Å². The summed E-state index contributed by atoms with van der Waals surface area (Å²) >= 11 is 0. The van der Waals surface area contributed by atoms with Crippen molar-refractivity contribution >= 4 is 5.91 Å². The Morgan fingerprint density at radius 3 is 2.89 bits per heavy atom. The van der Waals surface area contributed by atoms with Crippen molar-refractivity contribution in [2.75, 3.05) is 33.5 Å². The maximum atomic E-state index is 11.8. The van der Waals surface area contributed by atoms with Gasteiger partial charge in [0.25, 0.3) is 0 Å². The highest BCUT2D eigenvalue weighted by Crippen LogP contribution is 2.18. The first-order chi connectivity index (χ1) is 8.67. The molecule has 0 bridgehead atoms. The highest BCUT2D eigenvalue weighted by atomic mass is 16.5. The van der Waals surface area contributed by atoms with E-state index in [2.05, 4.69) is 5.32 Å². The van der Waals surface area contributed by atoms with Crippen molar-refractivity contribution in [3.8, 4) is 0 Å². The van der Waals surface area contributed by atoms with Gasteiger partial charge in [0.2, 0.25) is 5.91 Å². The Morgan fingerprint density at radius 2 is 2.28 bits per heavy atom. The largest absolute Gasteiger partial charge is 0.382 e. The van der Waals surface area contributed by atoms with Crippen LogP contribution in [0.5, 0.6) is 0 Å². The third-order valence-corrected chi connectivity index (χ3v) is 2.85. The number of carbonyl (C=O) groups is 1. The van der Waals surface area contributed by atoms with Gasteiger partial charge in [-0.15, -0.1) is 0 Å². The summed E-state index contributed by atoms with van der Waals surface area (Å²) < 4.78 is 15.7. The molecule has 0 saturated carbocycles. The summed E-state index contributed by atoms with van der Waals surface area (Å²) in [5.74, 6) is -0.0752. The van der Waals surface area contributed by atoms with Crippen LogP contribution in [-0.4, -0.2) is 57.6 Å². The fraction of sp³-hybridized carbons (Fsp3) is 0.917. The van der Waals surface area contributed by atoms with Crippen LogP contribution in [0.1, 0.15) is 19.8 Å². The molecular formula is C12H24N2O4. The number of amides is 1. The minimum atomic E-state index is -0.361. The van der Waals surface area contributed by atoms with Crippen LogP contribution in [0.4, 0.5) is 0 Å². The Balaban J connectivity index is 2.15. The minimum Gasteiger partial charge on any atom is -0.382 e. The number of nitrogens with one attached hydrogen (secondary N) is 1. The molecule has 1 aliphatic rings. The lowest BCUT2D eigenvalue weighted by Crippen LogP contribution is -2.42. The Morgan fingerprint density at radius 1 is 1.50 bits per heavy atom. The van der Waals surface area contributed by atoms with Gasteiger partial charge in [0.15, 0.2) is 0 Å². The highest BCUT2D eigenvalue weighted by molar-refractivity contribution is 5.81. The topological polar surface area (TPSA) is 82.8 Å². The molecule has 1 amide bonds. The summed E-state index contributed by atoms with van der Waals surface area (Å²) in [4.78, 5) is 11.8. The van der Waals surface area contributed by atoms with E-state index >= 15 is 0 Å². The van der Waals surface area contributed by atoms with E-state index in [1.165, 1.54) is 0 Å². The number of nitrogens with two attached hydrogens (primary N) is 1. The molecule has 1 aliphatic heterocycles. The van der Waals surface area contributed by atoms with Gasteiger partial charge in [-0.05, 0) is 19.8 Å². The van der Waals surface area contributed by atoms with Crippen LogP contribution < -0.4 is 11.1 Å². The fourth-order valence-electron chi connectivity index (χ4n) is 1.85. The molecular weight excluding hydrogens is 236 g/mol. The van der Waals surface area contributed by atoms with Gasteiger partial charge in [0.1, 0.15) is 6.10 Å². The van der Waals surface area contributed by atoms with E-state index < -0.39 is 0 Å². The molecule has 0 aromatic rings. The van der Waals surface area contributed by atoms with Crippen LogP contribution >= 0.6 is 0 Å². The number of carbonyl (C=O) groups excluding carboxylic acids is 1. The monoisotopic (exact) mass is 260 g/mol. The molecule has 6 heteroatoms. The van der Waals surface area contributed by atoms with Crippen molar-refractivity contribution in [1.82, 2.24) is 5.32 Å². The number of methoxy groups -OCH3 is 1. The predicted molar refractivity (Wildman–Crippen MR) is 67.2 cm³/mol. The van der Waals surface area contributed by atoms with Crippen molar-refractivity contribution in [3.63, 3.8) is 0 Å². The Kier molecular flexibility index (Phi) is 7.19. The lowest BCUT2D eigenvalue weighted by molar-refractivity contribution is -0.132. The minimum absolute atomic E-state index is 0.0222. The molecule has 1 rings (SSSR count). The molecule has 18 heavy (non-hydrogen) atoms. The first-order valence-electron chi connectivity index (χ1n) is 6.40. The third-order valence-electron chi connectivity index (χ3n) is 2.85. The molecule has 1 fully saturated rings. The van der Waals surface area contributed by atoms with Crippen molar-refractivity contribution in [2.45, 2.75) is 38.0 Å². The van der Waals surface area contributed by atoms with Crippen LogP contribution in [0.2, 0.25) is 0 Å². The average molecular weight is 260 g/mol. The Hall–Kier alpha value is -0.690. The van der Waals surface area contributed by atoms with Crippen molar-refractivity contribution in [1.29, 1.82) is 0 Å². The molecule has 106 valence electrons. The van der Waals surface area contributed by atoms with E-state index in [0.29, 0.717) is 26.4 Å². The third kappa shape index (κ3) is 5.30. The van der Waals surface area contributed by atoms with Crippen LogP contribution in [-0.2, 0) is 19.0 Å². The van der Waals surface area contributed by atoms with Gasteiger partial charge >= 0.3 is 0 Å². The SMILES string of the molecule is COCCOCC(C)NC(=O)[C@@H]1CC[C@H](CN)O1. The molecule has 3 atom stereocenters. The zero-order valence-electron chi connectivity index (χ0n) is 11.2. The van der Waals surface area contributed by atoms with Gasteiger partial charge in [-0.3, -0.25) is 4.79 Å². The van der Waals surface area contributed by atoms with Crippen molar-refractivity contribution in [2.24, 2.45) is 5.73 Å². The van der Waals surface area contributed by atoms with E-state index in [4.69, 9.17) is 19.9 Å². The van der Waals surface area contributed by atoms with Gasteiger partial charge < -0.3 is 25.3 Å². The van der Waals surface area contributed by atoms with Crippen molar-refractivity contribution in [3.05, 3.63) is 0 Å². The molecule has 1 heterocycles. The molecule has 1 saturated heterocycles. The second kappa shape index (κ2) is 8.42. The Labute approximate surface area is 108 Å². The fourth-order valence-corrected chi connectivity index (χ4v) is 1.85. The van der Waals surface area contributed by atoms with Crippen LogP contribution in [0.3, 0.4) is 0 Å². The van der Waals surface area contributed by atoms with Crippen LogP contribution in [0.25, 0.3) is 0 Å². The van der Waals surface area contributed by atoms with E-state index in [1.807, 2.05) is 6.92 Å². The molecule has 3 N–H and O–H groups in total. The maximum absolute atomic E-state index is 11.8. The van der Waals surface area contributed by atoms with Crippen LogP contribution in [0.15, 0.2) is 0 Å². The second-order valence-electron chi connectivity index (χ2n) is 4.54. The number of rotatable bonds is 8. The molecule has 0 radical (unpaired) electrons. The van der Waals surface area contributed by atoms with Gasteiger partial charge in [-0.1, -0.05) is 0 Å². The van der Waals surface area contributed by atoms with E-state index in [9.17, 15) is 4.79 Å². The predicted octanol–water partition coefficient (Wildman–Crippen LogP) is -0.340. The summed E-state index contributed by atoms with van der Waals surface area (Å²) in [7, 11) is 1.62. The summed E-state index contributed by atoms with van der Waals surface area (Å²) in [6.07, 6.45) is 1.26. The Bertz CT molecular complexity index is 250. The maximum Gasteiger partial charge on any atom is 0.249 e. The number of hydrogen-bond donors (Lipinski definition) is 2. The smallest absolute Gasteiger partial charge is 0.249 e. The van der Waals surface area contributed by atoms with Gasteiger partial charge in [0.05, 0.1) is 25.9 Å². The van der Waals surface area contributed by atoms with Gasteiger partial charge in [-0.25, -0.2) is 0 Å². The zero-order valence-corrected chi connectivity index (χ0v) is 11.2. The first kappa shape index (κ1) is 15.4. The second-order valence-corrected chi connectivity index (χ2v) is 4.54. The molecule has 1 unspecified atom stereocenters. The summed E-state index contributed by atoms with van der Waals surface area (Å²) in [6.45, 7) is 3.94. The summed E-state index contributed by atoms with van der Waals surface area (Å²) in [5, 5.41) is 2.87. The lowest BCUT2D eigenvalue weighted by atomic mass is 10.2. The summed E-state index contributed by atoms with van der Waals surface area (Å²) in [6, 6.07) is -0.0325. The van der Waals surface area contributed by atoms with E-state index in [1.54, 1.807) is 7.11 Å². The number of ether oxygens (including phenoxy) is 3. The van der Waals surface area contributed by atoms with Gasteiger partial charge in [-0.2, -0.15) is 0 Å². The number of hydrogen-bond acceptors (Lipinski definition) is 5. The molecule has 0 spiro atoms. The molecule has 0 aromatic heterocycles. The lowest BCUT2D eigenvalue weighted by Gasteiger charge is -2.17. The van der Waals surface area contributed by atoms with Crippen LogP contribution in [0, 0.1) is 0 Å². The average Bonchev–Trinajstić information content (AvgIpc) is 2.83. The first-order valence-corrected chi connectivity index (χ1v) is 6.40. The standard InChI is InChI=1S/C12H24N2O4/c1-9(8-17-6-5-16-2)14-12(15)11-4-3-10(7-13)18-11/h9-11H,3-8,13H2,1-2H3,(H,14,15)/t9?,10-,11+/m1/s1. The highest BCUT2D eigenvalue weighted by Gasteiger charge is 2.30. The molecule has 6 nitrogen and oxygen atoms in total. The zero-order chi connectivity index (χ0) is 13.4. The quantitative estimate of drug-likeness (QED) is 0.583. The summed E-state index contributed by atoms with van der Waals surface area (Å²) in [5.41, 5.74) is 5.50. The molecule has 0 aromatic carbocycles.